The molecule has 0 radical (unpaired) electrons. The van der Waals surface area contributed by atoms with Crippen molar-refractivity contribution in [3.63, 3.8) is 0 Å². The standard InChI is InChI=1S/C26H34O6S7/c27-19(15-33-17-25-35-9-10-36-25)13-31-21-1-5-23(6-2-21)39(29,30)24-7-3-22(4-8-24)32-14-20(28)16-34-18-26-37-11-12-38-26/h1-8,19-20,25-28H,9-18H2. The molecule has 0 aliphatic carbocycles. The van der Waals surface area contributed by atoms with Gasteiger partial charge < -0.3 is 19.7 Å². The molecule has 2 aromatic rings. The Morgan fingerprint density at radius 1 is 0.692 bits per heavy atom. The lowest BCUT2D eigenvalue weighted by atomic mass is 10.3. The van der Waals surface area contributed by atoms with Crippen molar-refractivity contribution in [2.75, 3.05) is 59.2 Å². The van der Waals surface area contributed by atoms with Gasteiger partial charge in [-0.15, -0.1) is 47.0 Å². The second-order valence-corrected chi connectivity index (χ2v) is 18.7. The average Bonchev–Trinajstić information content (AvgIpc) is 3.66. The van der Waals surface area contributed by atoms with E-state index < -0.39 is 22.0 Å². The maximum atomic E-state index is 13.1. The Kier molecular flexibility index (Phi) is 13.6. The van der Waals surface area contributed by atoms with Gasteiger partial charge in [-0.1, -0.05) is 0 Å². The van der Waals surface area contributed by atoms with Crippen LogP contribution in [0, 0.1) is 0 Å². The van der Waals surface area contributed by atoms with Crippen LogP contribution in [0.2, 0.25) is 0 Å². The molecule has 13 heteroatoms. The van der Waals surface area contributed by atoms with Crippen LogP contribution in [0.3, 0.4) is 0 Å². The Morgan fingerprint density at radius 3 is 1.41 bits per heavy atom. The van der Waals surface area contributed by atoms with Crippen molar-refractivity contribution in [3.05, 3.63) is 48.5 Å². The van der Waals surface area contributed by atoms with Crippen LogP contribution < -0.4 is 9.47 Å². The zero-order valence-corrected chi connectivity index (χ0v) is 27.1. The van der Waals surface area contributed by atoms with E-state index in [1.165, 1.54) is 47.3 Å². The fourth-order valence-electron chi connectivity index (χ4n) is 3.65. The highest BCUT2D eigenvalue weighted by atomic mass is 32.2. The van der Waals surface area contributed by atoms with E-state index in [4.69, 9.17) is 9.47 Å². The third-order valence-corrected chi connectivity index (χ3v) is 16.7. The van der Waals surface area contributed by atoms with E-state index in [9.17, 15) is 18.6 Å². The van der Waals surface area contributed by atoms with Crippen molar-refractivity contribution >= 4 is 80.4 Å². The van der Waals surface area contributed by atoms with Gasteiger partial charge in [0.25, 0.3) is 0 Å². The predicted octanol–water partition coefficient (Wildman–Crippen LogP) is 5.08. The van der Waals surface area contributed by atoms with Gasteiger partial charge in [0.1, 0.15) is 24.7 Å². The molecule has 2 fully saturated rings. The number of aliphatic hydroxyl groups excluding tert-OH is 2. The van der Waals surface area contributed by atoms with Gasteiger partial charge in [-0.3, -0.25) is 0 Å². The van der Waals surface area contributed by atoms with Crippen molar-refractivity contribution < 1.29 is 28.1 Å². The maximum absolute atomic E-state index is 13.1. The summed E-state index contributed by atoms with van der Waals surface area (Å²) < 4.78 is 38.7. The molecule has 0 saturated carbocycles. The van der Waals surface area contributed by atoms with Crippen molar-refractivity contribution in [2.24, 2.45) is 0 Å². The third kappa shape index (κ3) is 10.7. The Bertz CT molecular complexity index is 1010. The minimum atomic E-state index is -3.70. The Labute approximate surface area is 257 Å². The SMILES string of the molecule is O=S(=O)(c1ccc(OCC(O)CSCC2SCCS2)cc1)c1ccc(OCC(O)CSCC2SCCS2)cc1. The summed E-state index contributed by atoms with van der Waals surface area (Å²) in [5.74, 6) is 9.11. The number of thioether (sulfide) groups is 6. The van der Waals surface area contributed by atoms with Crippen LogP contribution in [0.25, 0.3) is 0 Å². The smallest absolute Gasteiger partial charge is 0.206 e. The van der Waals surface area contributed by atoms with E-state index in [2.05, 4.69) is 0 Å². The molecule has 0 amide bonds. The number of hydrogen-bond donors (Lipinski definition) is 2. The zero-order valence-electron chi connectivity index (χ0n) is 21.4. The van der Waals surface area contributed by atoms with Gasteiger partial charge >= 0.3 is 0 Å². The van der Waals surface area contributed by atoms with Crippen molar-refractivity contribution in [3.8, 4) is 11.5 Å². The third-order valence-electron chi connectivity index (χ3n) is 5.66. The van der Waals surface area contributed by atoms with Crippen LogP contribution in [0.4, 0.5) is 0 Å². The molecule has 2 N–H and O–H groups in total. The molecule has 2 aromatic carbocycles. The molecule has 2 heterocycles. The Morgan fingerprint density at radius 2 is 1.05 bits per heavy atom. The molecule has 6 nitrogen and oxygen atoms in total. The van der Waals surface area contributed by atoms with Crippen LogP contribution in [-0.4, -0.2) is 99.2 Å². The first-order valence-corrected chi connectivity index (χ1v) is 20.6. The number of hydrogen-bond acceptors (Lipinski definition) is 12. The van der Waals surface area contributed by atoms with Gasteiger partial charge in [-0.2, -0.15) is 23.5 Å². The Hall–Kier alpha value is 0.01000. The molecule has 0 bridgehead atoms. The van der Waals surface area contributed by atoms with Gasteiger partial charge in [0.2, 0.25) is 9.84 Å². The quantitative estimate of drug-likeness (QED) is 0.250. The monoisotopic (exact) mass is 666 g/mol. The van der Waals surface area contributed by atoms with Crippen LogP contribution in [0.15, 0.2) is 58.3 Å². The molecule has 2 aliphatic heterocycles. The normalized spacial score (nSPS) is 18.3. The second kappa shape index (κ2) is 16.6. The van der Waals surface area contributed by atoms with Crippen molar-refractivity contribution in [2.45, 2.75) is 31.2 Å². The van der Waals surface area contributed by atoms with Gasteiger partial charge in [0, 0.05) is 46.0 Å². The predicted molar refractivity (Wildman–Crippen MR) is 173 cm³/mol. The summed E-state index contributed by atoms with van der Waals surface area (Å²) in [6.45, 7) is 0.328. The first-order chi connectivity index (χ1) is 18.9. The molecular weight excluding hydrogens is 633 g/mol. The molecule has 4 rings (SSSR count). The lowest BCUT2D eigenvalue weighted by Gasteiger charge is -2.14. The maximum Gasteiger partial charge on any atom is 0.206 e. The highest BCUT2D eigenvalue weighted by Crippen LogP contribution is 2.35. The van der Waals surface area contributed by atoms with E-state index in [1.807, 2.05) is 47.0 Å². The van der Waals surface area contributed by atoms with Crippen molar-refractivity contribution in [1.82, 2.24) is 0 Å². The first-order valence-electron chi connectivity index (χ1n) is 12.6. The van der Waals surface area contributed by atoms with Gasteiger partial charge in [0.05, 0.1) is 31.2 Å². The molecule has 2 atom stereocenters. The molecular formula is C26H34O6S7. The van der Waals surface area contributed by atoms with Gasteiger partial charge in [0.15, 0.2) is 0 Å². The molecule has 39 heavy (non-hydrogen) atoms. The number of ether oxygens (including phenoxy) is 2. The van der Waals surface area contributed by atoms with Crippen LogP contribution in [0.5, 0.6) is 11.5 Å². The lowest BCUT2D eigenvalue weighted by molar-refractivity contribution is 0.126. The van der Waals surface area contributed by atoms with Crippen molar-refractivity contribution in [1.29, 1.82) is 0 Å². The van der Waals surface area contributed by atoms with Crippen LogP contribution in [0.1, 0.15) is 0 Å². The summed E-state index contributed by atoms with van der Waals surface area (Å²) in [4.78, 5) is 0.328. The van der Waals surface area contributed by atoms with E-state index in [-0.39, 0.29) is 23.0 Å². The van der Waals surface area contributed by atoms with E-state index in [0.29, 0.717) is 32.2 Å². The average molecular weight is 667 g/mol. The topological polar surface area (TPSA) is 93.1 Å². The highest BCUT2D eigenvalue weighted by molar-refractivity contribution is 8.21. The fourth-order valence-corrected chi connectivity index (χ4v) is 13.5. The molecule has 2 aliphatic rings. The van der Waals surface area contributed by atoms with E-state index in [0.717, 1.165) is 11.5 Å². The molecule has 0 aromatic heterocycles. The lowest BCUT2D eigenvalue weighted by Crippen LogP contribution is -2.20. The number of aliphatic hydroxyl groups is 2. The van der Waals surface area contributed by atoms with Crippen LogP contribution >= 0.6 is 70.6 Å². The fraction of sp³-hybridized carbons (Fsp3) is 0.538. The largest absolute Gasteiger partial charge is 0.491 e. The summed E-state index contributed by atoms with van der Waals surface area (Å²) in [5, 5.41) is 20.4. The van der Waals surface area contributed by atoms with E-state index >= 15 is 0 Å². The van der Waals surface area contributed by atoms with Gasteiger partial charge in [-0.05, 0) is 48.5 Å². The minimum absolute atomic E-state index is 0.164. The zero-order chi connectivity index (χ0) is 27.5. The molecule has 0 spiro atoms. The number of sulfone groups is 1. The van der Waals surface area contributed by atoms with E-state index in [1.54, 1.807) is 47.8 Å². The summed E-state index contributed by atoms with van der Waals surface area (Å²) in [6.07, 6.45) is -1.16. The minimum Gasteiger partial charge on any atom is -0.491 e. The first kappa shape index (κ1) is 31.9. The molecule has 216 valence electrons. The summed E-state index contributed by atoms with van der Waals surface area (Å²) in [7, 11) is -3.70. The highest BCUT2D eigenvalue weighted by Gasteiger charge is 2.20. The summed E-state index contributed by atoms with van der Waals surface area (Å²) in [5.41, 5.74) is 0. The molecule has 2 unspecified atom stereocenters. The number of rotatable bonds is 16. The molecule has 2 saturated heterocycles. The summed E-state index contributed by atoms with van der Waals surface area (Å²) in [6, 6.07) is 12.5. The Balaban J connectivity index is 1.18. The number of benzene rings is 2. The summed E-state index contributed by atoms with van der Waals surface area (Å²) >= 11 is 11.4. The second-order valence-electron chi connectivity index (χ2n) is 8.79. The van der Waals surface area contributed by atoms with Crippen LogP contribution in [-0.2, 0) is 9.84 Å². The van der Waals surface area contributed by atoms with Gasteiger partial charge in [-0.25, -0.2) is 8.42 Å².